The number of benzene rings is 17. The summed E-state index contributed by atoms with van der Waals surface area (Å²) >= 11 is 4.61. The predicted molar refractivity (Wildman–Crippen MR) is 619 cm³/mol. The lowest BCUT2D eigenvalue weighted by Crippen LogP contribution is -2.25. The molecule has 10 heterocycles. The largest absolute Gasteiger partial charge is 0.456 e. The van der Waals surface area contributed by atoms with Crippen LogP contribution < -0.4 is 4.74 Å². The van der Waals surface area contributed by atoms with Crippen molar-refractivity contribution in [1.29, 1.82) is 0 Å². The van der Waals surface area contributed by atoms with Crippen LogP contribution in [0.25, 0.3) is 177 Å². The summed E-state index contributed by atoms with van der Waals surface area (Å²) in [6, 6.07) is 97.8. The summed E-state index contributed by atoms with van der Waals surface area (Å²) in [6.45, 7) is 0.854. The molecule has 0 fully saturated rings. The van der Waals surface area contributed by atoms with E-state index in [1.807, 2.05) is 187 Å². The van der Waals surface area contributed by atoms with Crippen molar-refractivity contribution >= 4 is 117 Å². The molecular weight excluding hydrogens is 1860 g/mol. The maximum absolute atomic E-state index is 8.92. The minimum Gasteiger partial charge on any atom is -0.456 e. The average molecular weight is 2010 g/mol. The Morgan fingerprint density at radius 3 is 1.43 bits per heavy atom. The molecule has 0 aliphatic carbocycles. The van der Waals surface area contributed by atoms with Gasteiger partial charge in [0.15, 0.2) is 16.4 Å². The SMILES string of the molecule is [2H]C([2H])([2H])c1ccc(-c2c(C(C)(C)C)ccc3c2Sc2ccccc2C3(C)C)cc1-c1cc(-n2c3ccccc3n3c4ccccc4nc23)ccc1C([2H])([2H])[2H].[2H]C([2H])([2H])c1ccc(-c2c(C([2H])([2H])[2H])ccc3c2Oc2ccccc2C3(C)C)cc1-c1nc(-c2c(C([2H])([2H])C)ccc3c2oc2nc4ccccc4n23)ncc1C([2H])([2H])[2H].[2H]C([2H])([2H])c1ccc(-c2c(C([2H])([2H])[2H])ccc3c2Sc2ccccc2C3(C)C)cc1-c1cc(-c2c(C([2H])([2H])C)ccc3c2sc2nc4ccccc4n23)ccc1C([2H])([2H])[2H]. The number of hydrogen-bond acceptors (Lipinski definition) is 10. The summed E-state index contributed by atoms with van der Waals surface area (Å²) in [7, 11) is 0. The number of nitrogens with zero attached hydrogens (tertiary/aromatic N) is 9. The molecule has 14 heteroatoms. The third-order valence-corrected chi connectivity index (χ3v) is 33.3. The van der Waals surface area contributed by atoms with Crippen LogP contribution in [0.1, 0.15) is 209 Å². The first kappa shape index (κ1) is 67.3. The average Bonchev–Trinajstić information content (AvgIpc) is 0.863. The maximum Gasteiger partial charge on any atom is 0.307 e. The zero-order valence-corrected chi connectivity index (χ0v) is 85.2. The first-order valence-corrected chi connectivity index (χ1v) is 51.5. The maximum atomic E-state index is 8.92. The second-order valence-corrected chi connectivity index (χ2v) is 43.7. The number of para-hydroxylation sites is 9. The van der Waals surface area contributed by atoms with Gasteiger partial charge in [0.2, 0.25) is 5.78 Å². The highest BCUT2D eigenvalue weighted by Gasteiger charge is 2.41. The predicted octanol–water partition coefficient (Wildman–Crippen LogP) is 36.4. The van der Waals surface area contributed by atoms with Crippen LogP contribution in [0.4, 0.5) is 0 Å². The summed E-state index contributed by atoms with van der Waals surface area (Å²) in [5.74, 6) is 1.57. The van der Waals surface area contributed by atoms with E-state index in [9.17, 15) is 0 Å². The lowest BCUT2D eigenvalue weighted by atomic mass is 9.73. The van der Waals surface area contributed by atoms with Crippen LogP contribution in [0.3, 0.4) is 0 Å². The Hall–Kier alpha value is -15.5. The standard InChI is InChI=1S/C46H41N3S.C45H38N2S2.C43H36N4O2/c1-28-20-22-30(42-35(45(3,4)5)24-25-36-43(42)50-41-19-13-8-14-34(41)46(36,6)7)26-32(28)33-27-31(23-21-29(33)2)48-39-17-11-12-18-40(39)49-38-16-10-9-15-37(38)47-44(48)49;1-7-29-21-23-38-43(49-44-46-36-13-9-10-14-37(36)47(38)44)41(29)31-20-17-27(3)33(25-31)32-24-30(19-16-26(32)2)40-28(4)18-22-35-42(40)48-39-15-11-8-12-34(39)45(35,5)6;1-7-27-19-21-34-40(49-42-45-32-13-9-10-14-33(32)47(34)42)37(27)41-44-23-26(4)38(46-41)29-22-28(18-16-24(29)2)36-25(3)17-20-31-39(36)48-35-15-11-8-12-30(35)43(31,5)6/h8-27H,1-7H3;8-25H,7H2,1-6H3;8-23H,7H2,1-6H3/i1D3,2D3;2*2D3,3D3,4D3,7D2. The number of imidazole rings is 4. The van der Waals surface area contributed by atoms with E-state index < -0.39 is 78.4 Å². The number of fused-ring (bicyclic) bond motifs is 21. The van der Waals surface area contributed by atoms with Crippen molar-refractivity contribution in [2.45, 2.75) is 185 Å². The fourth-order valence-corrected chi connectivity index (χ4v) is 26.6. The van der Waals surface area contributed by atoms with Crippen LogP contribution >= 0.6 is 34.9 Å². The lowest BCUT2D eigenvalue weighted by Gasteiger charge is -2.37. The molecule has 24 aromatic rings. The van der Waals surface area contributed by atoms with Gasteiger partial charge in [0.05, 0.1) is 71.1 Å². The number of rotatable bonds is 11. The molecule has 0 saturated heterocycles. The van der Waals surface area contributed by atoms with Crippen LogP contribution in [0.15, 0.2) is 352 Å². The van der Waals surface area contributed by atoms with E-state index in [2.05, 4.69) is 105 Å². The Labute approximate surface area is 915 Å². The van der Waals surface area contributed by atoms with Crippen molar-refractivity contribution in [2.24, 2.45) is 0 Å². The monoisotopic (exact) mass is 2010 g/mol. The summed E-state index contributed by atoms with van der Waals surface area (Å²) < 4.78 is 265. The number of aromatic nitrogens is 9. The van der Waals surface area contributed by atoms with E-state index in [4.69, 9.17) is 62.5 Å². The summed E-state index contributed by atoms with van der Waals surface area (Å²) in [6.07, 6.45) is -2.72. The number of aryl methyl sites for hydroxylation is 10. The smallest absolute Gasteiger partial charge is 0.307 e. The van der Waals surface area contributed by atoms with E-state index in [1.165, 1.54) is 89.4 Å². The molecular formula is C134H115N9O2S3. The lowest BCUT2D eigenvalue weighted by molar-refractivity contribution is 0.419. The van der Waals surface area contributed by atoms with Gasteiger partial charge < -0.3 is 9.15 Å². The number of oxazole rings is 1. The second kappa shape index (κ2) is 35.4. The van der Waals surface area contributed by atoms with Crippen molar-refractivity contribution in [1.82, 2.24) is 42.7 Å². The molecule has 0 saturated carbocycles. The molecule has 3 aliphatic heterocycles. The minimum absolute atomic E-state index is 0.0553. The van der Waals surface area contributed by atoms with Gasteiger partial charge in [-0.3, -0.25) is 17.8 Å². The molecule has 0 radical (unpaired) electrons. The zero-order chi connectivity index (χ0) is 125. The van der Waals surface area contributed by atoms with Gasteiger partial charge in [-0.2, -0.15) is 4.98 Å². The molecule has 726 valence electrons. The topological polar surface area (TPSA) is 105 Å². The fraction of sp³-hybridized carbons (Fsp3) is 0.187. The van der Waals surface area contributed by atoms with Crippen LogP contribution in [0.5, 0.6) is 11.5 Å². The van der Waals surface area contributed by atoms with E-state index in [0.717, 1.165) is 103 Å². The Morgan fingerprint density at radius 1 is 0.358 bits per heavy atom. The van der Waals surface area contributed by atoms with Gasteiger partial charge in [-0.1, -0.05) is 317 Å². The van der Waals surface area contributed by atoms with E-state index >= 15 is 0 Å². The zero-order valence-electron chi connectivity index (χ0n) is 111. The highest BCUT2D eigenvalue weighted by atomic mass is 32.2. The van der Waals surface area contributed by atoms with Crippen molar-refractivity contribution in [3.63, 3.8) is 0 Å². The van der Waals surface area contributed by atoms with E-state index in [0.29, 0.717) is 77.7 Å². The minimum atomic E-state index is -2.86. The Morgan fingerprint density at radius 2 is 0.818 bits per heavy atom. The van der Waals surface area contributed by atoms with Crippen molar-refractivity contribution in [2.75, 3.05) is 0 Å². The Bertz CT molecular complexity index is 10500. The van der Waals surface area contributed by atoms with E-state index in [1.54, 1.807) is 95.0 Å². The number of thiazole rings is 1. The molecule has 11 nitrogen and oxygen atoms in total. The van der Waals surface area contributed by atoms with Crippen LogP contribution in [-0.2, 0) is 34.4 Å². The van der Waals surface area contributed by atoms with Crippen LogP contribution in [0, 0.1) is 54.8 Å². The summed E-state index contributed by atoms with van der Waals surface area (Å²) in [5, 5.41) is 0. The first-order chi connectivity index (χ1) is 82.5. The molecule has 3 aliphatic rings. The van der Waals surface area contributed by atoms with E-state index in [-0.39, 0.29) is 123 Å². The van der Waals surface area contributed by atoms with Gasteiger partial charge in [-0.05, 0) is 327 Å². The number of hydrogen-bond donors (Lipinski definition) is 0. The van der Waals surface area contributed by atoms with Crippen LogP contribution in [0.2, 0.25) is 0 Å². The molecule has 0 spiro atoms. The highest BCUT2D eigenvalue weighted by molar-refractivity contribution is 8.00. The van der Waals surface area contributed by atoms with Crippen LogP contribution in [-0.4, -0.2) is 42.7 Å². The molecule has 0 atom stereocenters. The van der Waals surface area contributed by atoms with Gasteiger partial charge >= 0.3 is 5.84 Å². The molecule has 148 heavy (non-hydrogen) atoms. The van der Waals surface area contributed by atoms with Gasteiger partial charge in [-0.25, -0.2) is 19.9 Å². The summed E-state index contributed by atoms with van der Waals surface area (Å²) in [4.78, 5) is 28.6. The molecule has 7 aromatic heterocycles. The van der Waals surface area contributed by atoms with Gasteiger partial charge in [-0.15, -0.1) is 0 Å². The van der Waals surface area contributed by atoms with Crippen molar-refractivity contribution in [3.8, 4) is 107 Å². The first-order valence-electron chi connectivity index (χ1n) is 63.1. The molecule has 0 amide bonds. The Balaban J connectivity index is 0.000000131. The quantitative estimate of drug-likeness (QED) is 0.125. The molecule has 0 bridgehead atoms. The van der Waals surface area contributed by atoms with Gasteiger partial charge in [0.25, 0.3) is 0 Å². The second-order valence-electron chi connectivity index (χ2n) is 40.6. The van der Waals surface area contributed by atoms with Gasteiger partial charge in [0.1, 0.15) is 11.5 Å². The highest BCUT2D eigenvalue weighted by Crippen LogP contribution is 2.59. The molecule has 0 unspecified atom stereocenters. The molecule has 17 aromatic carbocycles. The fourth-order valence-electron chi connectivity index (χ4n) is 22.3. The van der Waals surface area contributed by atoms with Crippen molar-refractivity contribution < 1.29 is 47.5 Å². The van der Waals surface area contributed by atoms with Crippen molar-refractivity contribution in [3.05, 3.63) is 422 Å². The summed E-state index contributed by atoms with van der Waals surface area (Å²) in [5.41, 5.74) is 19.3. The third-order valence-electron chi connectivity index (χ3n) is 29.8. The third kappa shape index (κ3) is 15.0. The van der Waals surface area contributed by atoms with Gasteiger partial charge in [0, 0.05) is 114 Å². The Kier molecular flexibility index (Phi) is 16.1. The normalized spacial score (nSPS) is 17.4. The molecule has 27 rings (SSSR count). The number of ether oxygens (including phenoxy) is 1. The molecule has 0 N–H and O–H groups in total.